The van der Waals surface area contributed by atoms with Gasteiger partial charge in [-0.15, -0.1) is 0 Å². The highest BCUT2D eigenvalue weighted by molar-refractivity contribution is 6.36. The summed E-state index contributed by atoms with van der Waals surface area (Å²) >= 11 is 0. The minimum absolute atomic E-state index is 0.246. The lowest BCUT2D eigenvalue weighted by Gasteiger charge is -2.19. The van der Waals surface area contributed by atoms with E-state index < -0.39 is 11.9 Å². The molecule has 1 aromatic heterocycles. The van der Waals surface area contributed by atoms with Crippen LogP contribution >= 0.6 is 0 Å². The molecule has 0 aliphatic carbocycles. The first kappa shape index (κ1) is 20.5. The Morgan fingerprint density at radius 1 is 1.30 bits per heavy atom. The number of benzene rings is 1. The molecule has 0 saturated heterocycles. The Morgan fingerprint density at radius 3 is 2.93 bits per heavy atom. The second-order valence-corrected chi connectivity index (χ2v) is 7.64. The van der Waals surface area contributed by atoms with Gasteiger partial charge in [0.25, 0.3) is 5.91 Å². The first-order valence-electron chi connectivity index (χ1n) is 9.91. The van der Waals surface area contributed by atoms with Crippen molar-refractivity contribution >= 4 is 22.9 Å². The van der Waals surface area contributed by atoms with Crippen LogP contribution in [0.4, 0.5) is 10.1 Å². The van der Waals surface area contributed by atoms with E-state index in [-0.39, 0.29) is 19.1 Å². The van der Waals surface area contributed by atoms with E-state index in [2.05, 4.69) is 10.3 Å². The SMILES string of the molecule is CN(CCCc1ccc2c(n1)CO/C2=C1/C(=O)Nc2ccc(F)cc21)CC(O)CO. The Bertz CT molecular complexity index is 1010. The summed E-state index contributed by atoms with van der Waals surface area (Å²) < 4.78 is 19.5. The van der Waals surface area contributed by atoms with Crippen molar-refractivity contribution in [3.05, 3.63) is 58.7 Å². The number of hydrogen-bond acceptors (Lipinski definition) is 6. The van der Waals surface area contributed by atoms with E-state index in [1.807, 2.05) is 24.1 Å². The van der Waals surface area contributed by atoms with Crippen LogP contribution in [0.1, 0.15) is 28.9 Å². The molecule has 1 aromatic carbocycles. The Hall–Kier alpha value is -2.81. The lowest BCUT2D eigenvalue weighted by Crippen LogP contribution is -2.32. The largest absolute Gasteiger partial charge is 0.486 e. The molecule has 0 bridgehead atoms. The van der Waals surface area contributed by atoms with Gasteiger partial charge in [-0.05, 0) is 56.8 Å². The predicted octanol–water partition coefficient (Wildman–Crippen LogP) is 1.79. The van der Waals surface area contributed by atoms with E-state index in [1.165, 1.54) is 12.1 Å². The van der Waals surface area contributed by atoms with Gasteiger partial charge in [0.15, 0.2) is 0 Å². The molecule has 2 aliphatic heterocycles. The van der Waals surface area contributed by atoms with Gasteiger partial charge in [0.05, 0.1) is 24.0 Å². The monoisotopic (exact) mass is 413 g/mol. The first-order valence-corrected chi connectivity index (χ1v) is 9.91. The summed E-state index contributed by atoms with van der Waals surface area (Å²) in [6.07, 6.45) is 0.875. The van der Waals surface area contributed by atoms with Gasteiger partial charge in [0.1, 0.15) is 18.2 Å². The maximum atomic E-state index is 13.7. The third-order valence-electron chi connectivity index (χ3n) is 5.29. The minimum atomic E-state index is -0.733. The topological polar surface area (TPSA) is 94.9 Å². The zero-order valence-corrected chi connectivity index (χ0v) is 16.7. The van der Waals surface area contributed by atoms with Crippen LogP contribution in [0.15, 0.2) is 30.3 Å². The Labute approximate surface area is 173 Å². The number of nitrogens with zero attached hydrogens (tertiary/aromatic N) is 2. The lowest BCUT2D eigenvalue weighted by molar-refractivity contribution is -0.110. The van der Waals surface area contributed by atoms with Gasteiger partial charge in [0, 0.05) is 29.1 Å². The van der Waals surface area contributed by atoms with Crippen LogP contribution in [-0.2, 0) is 22.6 Å². The molecule has 2 aromatic rings. The van der Waals surface area contributed by atoms with E-state index in [9.17, 15) is 14.3 Å². The summed E-state index contributed by atoms with van der Waals surface area (Å²) in [7, 11) is 1.90. The fourth-order valence-corrected chi connectivity index (χ4v) is 3.83. The summed E-state index contributed by atoms with van der Waals surface area (Å²) in [5.74, 6) is -0.286. The molecule has 30 heavy (non-hydrogen) atoms. The summed E-state index contributed by atoms with van der Waals surface area (Å²) in [6.45, 7) is 1.21. The van der Waals surface area contributed by atoms with Crippen molar-refractivity contribution in [2.24, 2.45) is 0 Å². The molecule has 0 saturated carbocycles. The van der Waals surface area contributed by atoms with Crippen molar-refractivity contribution in [2.75, 3.05) is 32.1 Å². The van der Waals surface area contributed by atoms with E-state index in [1.54, 1.807) is 6.07 Å². The standard InChI is InChI=1S/C22H24FN3O4/c1-26(10-15(28)11-27)8-2-3-14-5-6-16-19(24-14)12-30-21(16)20-17-9-13(23)4-7-18(17)25-22(20)29/h4-7,9,15,27-28H,2-3,8,10-12H2,1H3,(H,25,29)/b21-20+. The number of fused-ring (bicyclic) bond motifs is 2. The van der Waals surface area contributed by atoms with Gasteiger partial charge in [-0.2, -0.15) is 0 Å². The highest BCUT2D eigenvalue weighted by atomic mass is 19.1. The summed E-state index contributed by atoms with van der Waals surface area (Å²) in [4.78, 5) is 19.1. The van der Waals surface area contributed by atoms with Gasteiger partial charge in [-0.25, -0.2) is 4.39 Å². The molecule has 0 fully saturated rings. The molecule has 1 unspecified atom stereocenters. The number of pyridine rings is 1. The zero-order valence-electron chi connectivity index (χ0n) is 16.7. The number of aryl methyl sites for hydroxylation is 1. The number of carbonyl (C=O) groups is 1. The fourth-order valence-electron chi connectivity index (χ4n) is 3.83. The fraction of sp³-hybridized carbons (Fsp3) is 0.364. The van der Waals surface area contributed by atoms with Crippen molar-refractivity contribution < 1.29 is 24.1 Å². The van der Waals surface area contributed by atoms with Crippen molar-refractivity contribution in [3.63, 3.8) is 0 Å². The van der Waals surface area contributed by atoms with Crippen LogP contribution in [0.3, 0.4) is 0 Å². The van der Waals surface area contributed by atoms with E-state index in [0.717, 1.165) is 36.3 Å². The van der Waals surface area contributed by atoms with Crippen molar-refractivity contribution in [1.29, 1.82) is 0 Å². The normalized spacial score (nSPS) is 18.2. The highest BCUT2D eigenvalue weighted by Gasteiger charge is 2.33. The molecule has 3 N–H and O–H groups in total. The number of likely N-dealkylation sites (N-methyl/N-ethyl adjacent to an activating group) is 1. The number of amides is 1. The average Bonchev–Trinajstić information content (AvgIpc) is 3.26. The Balaban J connectivity index is 1.49. The molecular weight excluding hydrogens is 389 g/mol. The van der Waals surface area contributed by atoms with E-state index in [4.69, 9.17) is 9.84 Å². The zero-order chi connectivity index (χ0) is 21.3. The molecule has 1 amide bonds. The number of anilines is 1. The molecule has 2 aliphatic rings. The molecule has 1 atom stereocenters. The van der Waals surface area contributed by atoms with Gasteiger partial charge < -0.3 is 25.2 Å². The van der Waals surface area contributed by atoms with E-state index in [0.29, 0.717) is 29.1 Å². The van der Waals surface area contributed by atoms with Gasteiger partial charge in [0.2, 0.25) is 0 Å². The number of aliphatic hydroxyl groups excluding tert-OH is 2. The maximum Gasteiger partial charge on any atom is 0.260 e. The van der Waals surface area contributed by atoms with Crippen LogP contribution in [0, 0.1) is 5.82 Å². The van der Waals surface area contributed by atoms with Crippen LogP contribution in [0.25, 0.3) is 11.3 Å². The second-order valence-electron chi connectivity index (χ2n) is 7.64. The van der Waals surface area contributed by atoms with Crippen molar-refractivity contribution in [1.82, 2.24) is 9.88 Å². The Morgan fingerprint density at radius 2 is 2.13 bits per heavy atom. The second kappa shape index (κ2) is 8.51. The van der Waals surface area contributed by atoms with Crippen LogP contribution < -0.4 is 5.32 Å². The summed E-state index contributed by atoms with van der Waals surface area (Å²) in [5, 5.41) is 21.2. The number of nitrogens with one attached hydrogen (secondary N) is 1. The number of aliphatic hydroxyl groups is 2. The van der Waals surface area contributed by atoms with Crippen LogP contribution in [-0.4, -0.2) is 58.9 Å². The molecule has 3 heterocycles. The Kier molecular flexibility index (Phi) is 5.80. The number of ether oxygens (including phenoxy) is 1. The molecule has 158 valence electrons. The summed E-state index contributed by atoms with van der Waals surface area (Å²) in [5.41, 5.74) is 3.84. The van der Waals surface area contributed by atoms with E-state index >= 15 is 0 Å². The number of halogens is 1. The van der Waals surface area contributed by atoms with Crippen molar-refractivity contribution in [2.45, 2.75) is 25.6 Å². The maximum absolute atomic E-state index is 13.7. The lowest BCUT2D eigenvalue weighted by atomic mass is 10.0. The van der Waals surface area contributed by atoms with Crippen LogP contribution in [0.2, 0.25) is 0 Å². The van der Waals surface area contributed by atoms with Gasteiger partial charge in [-0.1, -0.05) is 0 Å². The molecule has 0 radical (unpaired) electrons. The van der Waals surface area contributed by atoms with Crippen LogP contribution in [0.5, 0.6) is 0 Å². The molecule has 4 rings (SSSR count). The summed E-state index contributed by atoms with van der Waals surface area (Å²) in [6, 6.07) is 8.01. The third kappa shape index (κ3) is 4.07. The minimum Gasteiger partial charge on any atom is -0.486 e. The average molecular weight is 413 g/mol. The highest BCUT2D eigenvalue weighted by Crippen LogP contribution is 2.41. The molecular formula is C22H24FN3O4. The predicted molar refractivity (Wildman–Crippen MR) is 110 cm³/mol. The third-order valence-corrected chi connectivity index (χ3v) is 5.29. The number of carbonyl (C=O) groups excluding carboxylic acids is 1. The quantitative estimate of drug-likeness (QED) is 0.599. The van der Waals surface area contributed by atoms with Crippen molar-refractivity contribution in [3.8, 4) is 0 Å². The number of aromatic nitrogens is 1. The number of hydrogen-bond donors (Lipinski definition) is 3. The first-order chi connectivity index (χ1) is 14.5. The van der Waals surface area contributed by atoms with Gasteiger partial charge >= 0.3 is 0 Å². The van der Waals surface area contributed by atoms with Gasteiger partial charge in [-0.3, -0.25) is 9.78 Å². The molecule has 7 nitrogen and oxygen atoms in total. The number of rotatable bonds is 7. The molecule has 0 spiro atoms. The molecule has 8 heteroatoms. The smallest absolute Gasteiger partial charge is 0.260 e.